The molecule has 0 spiro atoms. The zero-order chi connectivity index (χ0) is 12.3. The number of anilines is 1. The average molecular weight is 234 g/mol. The van der Waals surface area contributed by atoms with E-state index in [9.17, 15) is 4.79 Å². The molecule has 0 aliphatic carbocycles. The largest absolute Gasteiger partial charge is 0.443 e. The number of amides is 1. The fraction of sp³-hybridized carbons (Fsp3) is 0.333. The lowest BCUT2D eigenvalue weighted by Gasteiger charge is -2.11. The van der Waals surface area contributed by atoms with Crippen molar-refractivity contribution in [3.8, 4) is 0 Å². The smallest absolute Gasteiger partial charge is 0.229 e. The Morgan fingerprint density at radius 2 is 2.41 bits per heavy atom. The van der Waals surface area contributed by atoms with Crippen molar-refractivity contribution in [3.05, 3.63) is 24.6 Å². The second kappa shape index (κ2) is 4.97. The quantitative estimate of drug-likeness (QED) is 0.845. The van der Waals surface area contributed by atoms with Crippen molar-refractivity contribution >= 4 is 22.7 Å². The van der Waals surface area contributed by atoms with E-state index in [1.165, 1.54) is 6.39 Å². The van der Waals surface area contributed by atoms with Crippen LogP contribution in [0.2, 0.25) is 0 Å². The predicted octanol–water partition coefficient (Wildman–Crippen LogP) is 1.78. The Morgan fingerprint density at radius 3 is 3.12 bits per heavy atom. The van der Waals surface area contributed by atoms with Crippen molar-refractivity contribution in [3.63, 3.8) is 0 Å². The molecular formula is C12H14N2O3. The molecule has 0 saturated carbocycles. The Balaban J connectivity index is 2.14. The molecule has 2 N–H and O–H groups in total. The number of benzene rings is 1. The maximum atomic E-state index is 11.7. The molecule has 5 nitrogen and oxygen atoms in total. The van der Waals surface area contributed by atoms with Gasteiger partial charge in [0.2, 0.25) is 5.91 Å². The Kier molecular flexibility index (Phi) is 3.39. The minimum atomic E-state index is -0.375. The number of aliphatic hydroxyl groups excluding tert-OH is 1. The fourth-order valence-corrected chi connectivity index (χ4v) is 1.57. The maximum Gasteiger partial charge on any atom is 0.229 e. The summed E-state index contributed by atoms with van der Waals surface area (Å²) < 4.78 is 5.14. The molecular weight excluding hydrogens is 220 g/mol. The van der Waals surface area contributed by atoms with Gasteiger partial charge in [-0.2, -0.15) is 0 Å². The van der Waals surface area contributed by atoms with Crippen LogP contribution in [0.1, 0.15) is 13.3 Å². The maximum absolute atomic E-state index is 11.7. The normalized spacial score (nSPS) is 12.6. The minimum absolute atomic E-state index is 0.146. The number of aromatic nitrogens is 1. The number of nitrogens with zero attached hydrogens (tertiary/aromatic N) is 1. The highest BCUT2D eigenvalue weighted by atomic mass is 16.3. The van der Waals surface area contributed by atoms with Crippen molar-refractivity contribution in [2.24, 2.45) is 5.92 Å². The summed E-state index contributed by atoms with van der Waals surface area (Å²) >= 11 is 0. The van der Waals surface area contributed by atoms with E-state index >= 15 is 0 Å². The zero-order valence-electron chi connectivity index (χ0n) is 9.51. The highest BCUT2D eigenvalue weighted by Crippen LogP contribution is 2.18. The molecule has 90 valence electrons. The van der Waals surface area contributed by atoms with E-state index in [0.29, 0.717) is 17.7 Å². The molecule has 0 bridgehead atoms. The van der Waals surface area contributed by atoms with E-state index in [4.69, 9.17) is 9.52 Å². The Morgan fingerprint density at radius 1 is 1.59 bits per heavy atom. The summed E-state index contributed by atoms with van der Waals surface area (Å²) in [5, 5.41) is 11.8. The van der Waals surface area contributed by atoms with Crippen LogP contribution >= 0.6 is 0 Å². The highest BCUT2D eigenvalue weighted by molar-refractivity contribution is 5.94. The molecule has 1 amide bonds. The second-order valence-corrected chi connectivity index (χ2v) is 3.81. The molecule has 0 saturated heterocycles. The molecule has 1 aromatic carbocycles. The standard InChI is InChI=1S/C12H14N2O3/c1-2-8(6-15)12(16)14-9-3-4-10-11(5-9)17-7-13-10/h3-5,7-8,15H,2,6H2,1H3,(H,14,16). The SMILES string of the molecule is CCC(CO)C(=O)Nc1ccc2ncoc2c1. The summed E-state index contributed by atoms with van der Waals surface area (Å²) in [5.41, 5.74) is 2.02. The topological polar surface area (TPSA) is 75.4 Å². The van der Waals surface area contributed by atoms with E-state index in [1.807, 2.05) is 6.92 Å². The van der Waals surface area contributed by atoms with Gasteiger partial charge < -0.3 is 14.8 Å². The van der Waals surface area contributed by atoms with Gasteiger partial charge >= 0.3 is 0 Å². The van der Waals surface area contributed by atoms with E-state index < -0.39 is 0 Å². The lowest BCUT2D eigenvalue weighted by atomic mass is 10.1. The van der Waals surface area contributed by atoms with Crippen LogP contribution in [-0.2, 0) is 4.79 Å². The summed E-state index contributed by atoms with van der Waals surface area (Å²) in [6.07, 6.45) is 1.96. The molecule has 0 fully saturated rings. The zero-order valence-corrected chi connectivity index (χ0v) is 9.51. The monoisotopic (exact) mass is 234 g/mol. The van der Waals surface area contributed by atoms with Gasteiger partial charge in [-0.15, -0.1) is 0 Å². The third-order valence-electron chi connectivity index (χ3n) is 2.68. The van der Waals surface area contributed by atoms with Crippen molar-refractivity contribution in [2.45, 2.75) is 13.3 Å². The van der Waals surface area contributed by atoms with Gasteiger partial charge in [0.1, 0.15) is 5.52 Å². The van der Waals surface area contributed by atoms with Crippen LogP contribution in [0.15, 0.2) is 29.0 Å². The number of carbonyl (C=O) groups is 1. The number of hydrogen-bond acceptors (Lipinski definition) is 4. The lowest BCUT2D eigenvalue weighted by Crippen LogP contribution is -2.24. The molecule has 1 aromatic heterocycles. The Bertz CT molecular complexity index is 517. The Labute approximate surface area is 98.5 Å². The molecule has 1 atom stereocenters. The van der Waals surface area contributed by atoms with Gasteiger partial charge in [0, 0.05) is 11.8 Å². The summed E-state index contributed by atoms with van der Waals surface area (Å²) in [5.74, 6) is -0.561. The number of rotatable bonds is 4. The van der Waals surface area contributed by atoms with Crippen LogP contribution < -0.4 is 5.32 Å². The molecule has 17 heavy (non-hydrogen) atoms. The molecule has 1 unspecified atom stereocenters. The summed E-state index contributed by atoms with van der Waals surface area (Å²) in [6.45, 7) is 1.72. The first-order valence-electron chi connectivity index (χ1n) is 5.49. The van der Waals surface area contributed by atoms with Crippen molar-refractivity contribution in [2.75, 3.05) is 11.9 Å². The molecule has 0 radical (unpaired) electrons. The van der Waals surface area contributed by atoms with Crippen molar-refractivity contribution < 1.29 is 14.3 Å². The van der Waals surface area contributed by atoms with E-state index in [2.05, 4.69) is 10.3 Å². The molecule has 0 aliphatic rings. The number of carbonyl (C=O) groups excluding carboxylic acids is 1. The van der Waals surface area contributed by atoms with Gasteiger partial charge in [0.25, 0.3) is 0 Å². The van der Waals surface area contributed by atoms with Gasteiger partial charge in [0.05, 0.1) is 12.5 Å². The van der Waals surface area contributed by atoms with Crippen LogP contribution in [0.25, 0.3) is 11.1 Å². The average Bonchev–Trinajstić information content (AvgIpc) is 2.77. The van der Waals surface area contributed by atoms with Gasteiger partial charge in [-0.05, 0) is 18.6 Å². The second-order valence-electron chi connectivity index (χ2n) is 3.81. The molecule has 2 aromatic rings. The minimum Gasteiger partial charge on any atom is -0.443 e. The van der Waals surface area contributed by atoms with Crippen molar-refractivity contribution in [1.82, 2.24) is 4.98 Å². The number of oxazole rings is 1. The van der Waals surface area contributed by atoms with Crippen LogP contribution in [0, 0.1) is 5.92 Å². The molecule has 1 heterocycles. The van der Waals surface area contributed by atoms with Crippen molar-refractivity contribution in [1.29, 1.82) is 0 Å². The summed E-state index contributed by atoms with van der Waals surface area (Å²) in [7, 11) is 0. The highest BCUT2D eigenvalue weighted by Gasteiger charge is 2.15. The van der Waals surface area contributed by atoms with Gasteiger partial charge in [-0.1, -0.05) is 6.92 Å². The third kappa shape index (κ3) is 2.45. The van der Waals surface area contributed by atoms with Gasteiger partial charge in [0.15, 0.2) is 12.0 Å². The lowest BCUT2D eigenvalue weighted by molar-refractivity contribution is -0.121. The van der Waals surface area contributed by atoms with E-state index in [-0.39, 0.29) is 18.4 Å². The third-order valence-corrected chi connectivity index (χ3v) is 2.68. The van der Waals surface area contributed by atoms with Gasteiger partial charge in [-0.3, -0.25) is 4.79 Å². The van der Waals surface area contributed by atoms with E-state index in [1.54, 1.807) is 18.2 Å². The van der Waals surface area contributed by atoms with Crippen LogP contribution in [0.4, 0.5) is 5.69 Å². The number of hydrogen-bond donors (Lipinski definition) is 2. The first-order chi connectivity index (χ1) is 8.24. The van der Waals surface area contributed by atoms with Crippen LogP contribution in [0.3, 0.4) is 0 Å². The number of nitrogens with one attached hydrogen (secondary N) is 1. The fourth-order valence-electron chi connectivity index (χ4n) is 1.57. The summed E-state index contributed by atoms with van der Waals surface area (Å²) in [4.78, 5) is 15.7. The molecule has 0 aliphatic heterocycles. The molecule has 5 heteroatoms. The number of fused-ring (bicyclic) bond motifs is 1. The first-order valence-corrected chi connectivity index (χ1v) is 5.49. The van der Waals surface area contributed by atoms with E-state index in [0.717, 1.165) is 5.52 Å². The Hall–Kier alpha value is -1.88. The molecule has 2 rings (SSSR count). The van der Waals surface area contributed by atoms with Crippen LogP contribution in [-0.4, -0.2) is 22.6 Å². The summed E-state index contributed by atoms with van der Waals surface area (Å²) in [6, 6.07) is 5.24. The predicted molar refractivity (Wildman–Crippen MR) is 63.5 cm³/mol. The van der Waals surface area contributed by atoms with Gasteiger partial charge in [-0.25, -0.2) is 4.98 Å². The number of aliphatic hydroxyl groups is 1. The van der Waals surface area contributed by atoms with Crippen LogP contribution in [0.5, 0.6) is 0 Å². The first kappa shape index (κ1) is 11.6.